The lowest BCUT2D eigenvalue weighted by molar-refractivity contribution is 1.32. The van der Waals surface area contributed by atoms with E-state index in [2.05, 4.69) is 6.66 Å². The second-order valence-electron chi connectivity index (χ2n) is 2.86. The van der Waals surface area contributed by atoms with Crippen molar-refractivity contribution in [3.8, 4) is 0 Å². The molecule has 0 unspecified atom stereocenters. The average Bonchev–Trinajstić information content (AvgIpc) is 1.88. The van der Waals surface area contributed by atoms with E-state index in [0.717, 1.165) is 36.1 Å². The van der Waals surface area contributed by atoms with Crippen LogP contribution < -0.4 is 0 Å². The standard InChI is InChI=1S/C7H15Cl3P/c1-11(5-2-8,6-3-9)7-4-10/h2-7H2,1H3/q+1. The van der Waals surface area contributed by atoms with Crippen LogP contribution in [0.5, 0.6) is 0 Å². The molecule has 0 aromatic carbocycles. The Bertz CT molecular complexity index is 80.7. The van der Waals surface area contributed by atoms with Gasteiger partial charge in [-0.2, -0.15) is 0 Å². The maximum atomic E-state index is 5.70. The largest absolute Gasteiger partial charge is 0.123 e. The molecule has 0 radical (unpaired) electrons. The van der Waals surface area contributed by atoms with E-state index >= 15 is 0 Å². The lowest BCUT2D eigenvalue weighted by Gasteiger charge is -2.19. The Hall–Kier alpha value is 1.30. The van der Waals surface area contributed by atoms with Crippen LogP contribution in [0.4, 0.5) is 0 Å². The molecule has 0 rings (SSSR count). The highest BCUT2D eigenvalue weighted by Crippen LogP contribution is 2.54. The van der Waals surface area contributed by atoms with Gasteiger partial charge in [-0.1, -0.05) is 0 Å². The summed E-state index contributed by atoms with van der Waals surface area (Å²) in [7, 11) is -0.865. The molecule has 0 heterocycles. The lowest BCUT2D eigenvalue weighted by Crippen LogP contribution is -2.09. The summed E-state index contributed by atoms with van der Waals surface area (Å²) in [6.07, 6.45) is 3.36. The molecule has 0 saturated heterocycles. The van der Waals surface area contributed by atoms with Crippen molar-refractivity contribution >= 4 is 42.1 Å². The molecule has 0 spiro atoms. The van der Waals surface area contributed by atoms with Crippen molar-refractivity contribution in [2.45, 2.75) is 0 Å². The maximum absolute atomic E-state index is 5.70. The predicted octanol–water partition coefficient (Wildman–Crippen LogP) is 3.35. The summed E-state index contributed by atoms with van der Waals surface area (Å²) in [5, 5.41) is 0. The molecule has 0 aliphatic rings. The van der Waals surface area contributed by atoms with Crippen LogP contribution in [0.15, 0.2) is 0 Å². The van der Waals surface area contributed by atoms with Crippen LogP contribution in [-0.2, 0) is 0 Å². The first-order chi connectivity index (χ1) is 5.18. The third-order valence-electron chi connectivity index (χ3n) is 1.87. The smallest absolute Gasteiger partial charge is 0.0728 e. The molecule has 0 aromatic heterocycles. The Morgan fingerprint density at radius 2 is 1.09 bits per heavy atom. The summed E-state index contributed by atoms with van der Waals surface area (Å²) in [4.78, 5) is 0. The Kier molecular flexibility index (Phi) is 7.58. The zero-order valence-electron chi connectivity index (χ0n) is 6.82. The Morgan fingerprint density at radius 3 is 1.27 bits per heavy atom. The minimum Gasteiger partial charge on any atom is -0.123 e. The van der Waals surface area contributed by atoms with E-state index in [0.29, 0.717) is 0 Å². The molecule has 0 N–H and O–H groups in total. The fourth-order valence-corrected chi connectivity index (χ4v) is 6.52. The van der Waals surface area contributed by atoms with Gasteiger partial charge in [-0.3, -0.25) is 0 Å². The van der Waals surface area contributed by atoms with Gasteiger partial charge in [-0.05, 0) is 0 Å². The molecule has 0 aromatic rings. The van der Waals surface area contributed by atoms with E-state index in [1.54, 1.807) is 0 Å². The normalized spacial score (nSPS) is 12.0. The van der Waals surface area contributed by atoms with Gasteiger partial charge in [0.1, 0.15) is 0 Å². The predicted molar refractivity (Wildman–Crippen MR) is 59.6 cm³/mol. The summed E-state index contributed by atoms with van der Waals surface area (Å²) in [5.74, 6) is 2.24. The molecule has 0 bridgehead atoms. The lowest BCUT2D eigenvalue weighted by atomic mass is 10.9. The molecule has 0 nitrogen and oxygen atoms in total. The van der Waals surface area contributed by atoms with Crippen molar-refractivity contribution in [3.63, 3.8) is 0 Å². The monoisotopic (exact) mass is 235 g/mol. The molecule has 0 saturated carbocycles. The minimum absolute atomic E-state index is 0.748. The molecular formula is C7H15Cl3P+. The average molecular weight is 237 g/mol. The fraction of sp³-hybridized carbons (Fsp3) is 1.00. The van der Waals surface area contributed by atoms with Crippen LogP contribution in [0.2, 0.25) is 0 Å². The summed E-state index contributed by atoms with van der Waals surface area (Å²) in [5.41, 5.74) is 0. The van der Waals surface area contributed by atoms with Crippen molar-refractivity contribution in [1.82, 2.24) is 0 Å². The Morgan fingerprint density at radius 1 is 0.818 bits per heavy atom. The van der Waals surface area contributed by atoms with Crippen molar-refractivity contribution in [3.05, 3.63) is 0 Å². The number of halogens is 3. The van der Waals surface area contributed by atoms with Crippen molar-refractivity contribution < 1.29 is 0 Å². The number of rotatable bonds is 6. The van der Waals surface area contributed by atoms with E-state index in [9.17, 15) is 0 Å². The highest BCUT2D eigenvalue weighted by atomic mass is 35.5. The summed E-state index contributed by atoms with van der Waals surface area (Å²) in [6, 6.07) is 0. The van der Waals surface area contributed by atoms with E-state index in [1.807, 2.05) is 0 Å². The third kappa shape index (κ3) is 5.53. The molecule has 0 atom stereocenters. The molecule has 68 valence electrons. The van der Waals surface area contributed by atoms with E-state index in [4.69, 9.17) is 34.8 Å². The molecule has 0 fully saturated rings. The molecule has 4 heteroatoms. The van der Waals surface area contributed by atoms with Crippen LogP contribution in [0.1, 0.15) is 0 Å². The van der Waals surface area contributed by atoms with Gasteiger partial charge in [0.25, 0.3) is 0 Å². The molecule has 11 heavy (non-hydrogen) atoms. The maximum Gasteiger partial charge on any atom is 0.0728 e. The summed E-state index contributed by atoms with van der Waals surface area (Å²) >= 11 is 17.1. The summed E-state index contributed by atoms with van der Waals surface area (Å²) < 4.78 is 0. The first-order valence-corrected chi connectivity index (χ1v) is 8.09. The van der Waals surface area contributed by atoms with Gasteiger partial charge in [0.15, 0.2) is 0 Å². The van der Waals surface area contributed by atoms with Crippen LogP contribution >= 0.6 is 42.1 Å². The molecule has 0 amide bonds. The second kappa shape index (κ2) is 6.78. The van der Waals surface area contributed by atoms with Crippen molar-refractivity contribution in [2.24, 2.45) is 0 Å². The molecular weight excluding hydrogens is 221 g/mol. The Labute approximate surface area is 84.9 Å². The first-order valence-electron chi connectivity index (χ1n) is 3.70. The molecule has 0 aliphatic heterocycles. The zero-order chi connectivity index (χ0) is 8.74. The minimum atomic E-state index is -0.865. The van der Waals surface area contributed by atoms with Gasteiger partial charge in [0.2, 0.25) is 0 Å². The Balaban J connectivity index is 3.79. The zero-order valence-corrected chi connectivity index (χ0v) is 9.99. The highest BCUT2D eigenvalue weighted by molar-refractivity contribution is 7.75. The van der Waals surface area contributed by atoms with Gasteiger partial charge in [-0.25, -0.2) is 0 Å². The SMILES string of the molecule is C[P+](CCCl)(CCCl)CCCl. The van der Waals surface area contributed by atoms with E-state index < -0.39 is 7.26 Å². The van der Waals surface area contributed by atoms with Crippen LogP contribution in [0, 0.1) is 0 Å². The fourth-order valence-electron chi connectivity index (χ4n) is 0.948. The van der Waals surface area contributed by atoms with E-state index in [1.165, 1.54) is 0 Å². The van der Waals surface area contributed by atoms with Crippen molar-refractivity contribution in [2.75, 3.05) is 42.8 Å². The van der Waals surface area contributed by atoms with Gasteiger partial charge in [0.05, 0.1) is 36.1 Å². The van der Waals surface area contributed by atoms with Crippen LogP contribution in [0.3, 0.4) is 0 Å². The van der Waals surface area contributed by atoms with Gasteiger partial charge < -0.3 is 0 Å². The van der Waals surface area contributed by atoms with Gasteiger partial charge in [0, 0.05) is 13.9 Å². The number of hydrogen-bond donors (Lipinski definition) is 0. The number of alkyl halides is 3. The topological polar surface area (TPSA) is 0 Å². The first kappa shape index (κ1) is 12.3. The van der Waals surface area contributed by atoms with Crippen LogP contribution in [-0.4, -0.2) is 42.8 Å². The van der Waals surface area contributed by atoms with Crippen molar-refractivity contribution in [1.29, 1.82) is 0 Å². The van der Waals surface area contributed by atoms with Gasteiger partial charge in [-0.15, -0.1) is 34.8 Å². The van der Waals surface area contributed by atoms with E-state index in [-0.39, 0.29) is 0 Å². The number of hydrogen-bond acceptors (Lipinski definition) is 0. The highest BCUT2D eigenvalue weighted by Gasteiger charge is 2.28. The van der Waals surface area contributed by atoms with Crippen LogP contribution in [0.25, 0.3) is 0 Å². The third-order valence-corrected chi connectivity index (χ3v) is 7.14. The second-order valence-corrected chi connectivity index (χ2v) is 8.57. The molecule has 0 aliphatic carbocycles. The van der Waals surface area contributed by atoms with Gasteiger partial charge >= 0.3 is 0 Å². The quantitative estimate of drug-likeness (QED) is 0.490. The summed E-state index contributed by atoms with van der Waals surface area (Å²) in [6.45, 7) is 2.31.